The second-order valence-electron chi connectivity index (χ2n) is 5.13. The van der Waals surface area contributed by atoms with Crippen LogP contribution in [0.1, 0.15) is 12.1 Å². The summed E-state index contributed by atoms with van der Waals surface area (Å²) in [6.07, 6.45) is 2.70. The zero-order chi connectivity index (χ0) is 17.5. The number of nitrogens with zero attached hydrogens (tertiary/aromatic N) is 2. The summed E-state index contributed by atoms with van der Waals surface area (Å²) in [6.45, 7) is 3.38. The summed E-state index contributed by atoms with van der Waals surface area (Å²) in [6, 6.07) is 5.51. The molecule has 130 valence electrons. The summed E-state index contributed by atoms with van der Waals surface area (Å²) in [4.78, 5) is 0. The minimum atomic E-state index is 0.535. The van der Waals surface area contributed by atoms with Crippen LogP contribution in [0, 0.1) is 6.92 Å². The van der Waals surface area contributed by atoms with Crippen LogP contribution in [0.15, 0.2) is 24.4 Å². The maximum absolute atomic E-state index is 5.98. The third-order valence-electron chi connectivity index (χ3n) is 3.39. The van der Waals surface area contributed by atoms with Crippen molar-refractivity contribution >= 4 is 34.6 Å². The average molecular weight is 369 g/mol. The van der Waals surface area contributed by atoms with Crippen LogP contribution in [-0.4, -0.2) is 35.7 Å². The van der Waals surface area contributed by atoms with Gasteiger partial charge < -0.3 is 20.1 Å². The molecule has 0 saturated carbocycles. The fraction of sp³-hybridized carbons (Fsp3) is 0.375. The molecular formula is C16H21ClN4O2S. The first kappa shape index (κ1) is 18.4. The first-order valence-electron chi connectivity index (χ1n) is 7.50. The minimum Gasteiger partial charge on any atom is -0.497 e. The van der Waals surface area contributed by atoms with Crippen LogP contribution in [0.25, 0.3) is 0 Å². The SMILES string of the molecule is COc1ccc(NC(=S)NCCCn2cc(Cl)c(C)n2)c(OC)c1. The molecule has 1 aromatic heterocycles. The van der Waals surface area contributed by atoms with E-state index in [0.717, 1.165) is 36.6 Å². The Morgan fingerprint density at radius 3 is 2.75 bits per heavy atom. The van der Waals surface area contributed by atoms with E-state index >= 15 is 0 Å². The van der Waals surface area contributed by atoms with Crippen molar-refractivity contribution in [1.29, 1.82) is 0 Å². The molecule has 0 unspecified atom stereocenters. The number of nitrogens with one attached hydrogen (secondary N) is 2. The van der Waals surface area contributed by atoms with E-state index in [1.807, 2.05) is 29.9 Å². The summed E-state index contributed by atoms with van der Waals surface area (Å²) in [5, 5.41) is 11.8. The molecule has 0 amide bonds. The van der Waals surface area contributed by atoms with Gasteiger partial charge in [0, 0.05) is 25.4 Å². The van der Waals surface area contributed by atoms with Crippen LogP contribution in [0.4, 0.5) is 5.69 Å². The number of ether oxygens (including phenoxy) is 2. The highest BCUT2D eigenvalue weighted by Crippen LogP contribution is 2.28. The lowest BCUT2D eigenvalue weighted by Gasteiger charge is -2.14. The fourth-order valence-electron chi connectivity index (χ4n) is 2.12. The van der Waals surface area contributed by atoms with Crippen molar-refractivity contribution in [2.24, 2.45) is 0 Å². The van der Waals surface area contributed by atoms with E-state index in [4.69, 9.17) is 33.3 Å². The van der Waals surface area contributed by atoms with E-state index < -0.39 is 0 Å². The lowest BCUT2D eigenvalue weighted by atomic mass is 10.2. The molecule has 0 spiro atoms. The minimum absolute atomic E-state index is 0.535. The normalized spacial score (nSPS) is 10.3. The van der Waals surface area contributed by atoms with Crippen molar-refractivity contribution in [2.75, 3.05) is 26.1 Å². The first-order chi connectivity index (χ1) is 11.5. The summed E-state index contributed by atoms with van der Waals surface area (Å²) < 4.78 is 12.3. The van der Waals surface area contributed by atoms with Crippen molar-refractivity contribution in [1.82, 2.24) is 15.1 Å². The second-order valence-corrected chi connectivity index (χ2v) is 5.94. The Morgan fingerprint density at radius 1 is 1.33 bits per heavy atom. The molecule has 0 aliphatic rings. The molecule has 2 N–H and O–H groups in total. The van der Waals surface area contributed by atoms with Gasteiger partial charge in [-0.05, 0) is 37.7 Å². The van der Waals surface area contributed by atoms with Crippen LogP contribution in [0.2, 0.25) is 5.02 Å². The van der Waals surface area contributed by atoms with Gasteiger partial charge in [-0.1, -0.05) is 11.6 Å². The molecule has 1 heterocycles. The maximum atomic E-state index is 5.98. The van der Waals surface area contributed by atoms with Gasteiger partial charge in [0.2, 0.25) is 0 Å². The molecule has 0 bridgehead atoms. The number of aromatic nitrogens is 2. The summed E-state index contributed by atoms with van der Waals surface area (Å²) >= 11 is 11.3. The molecule has 1 aromatic carbocycles. The van der Waals surface area contributed by atoms with Gasteiger partial charge in [0.05, 0.1) is 30.6 Å². The van der Waals surface area contributed by atoms with Crippen molar-refractivity contribution in [3.05, 3.63) is 35.1 Å². The smallest absolute Gasteiger partial charge is 0.170 e. The number of methoxy groups -OCH3 is 2. The van der Waals surface area contributed by atoms with Crippen LogP contribution < -0.4 is 20.1 Å². The predicted molar refractivity (Wildman–Crippen MR) is 100 cm³/mol. The number of hydrogen-bond donors (Lipinski definition) is 2. The van der Waals surface area contributed by atoms with Crippen molar-refractivity contribution in [3.63, 3.8) is 0 Å². The Balaban J connectivity index is 1.79. The van der Waals surface area contributed by atoms with Crippen LogP contribution in [0.3, 0.4) is 0 Å². The lowest BCUT2D eigenvalue weighted by Crippen LogP contribution is -2.30. The molecule has 2 rings (SSSR count). The van der Waals surface area contributed by atoms with Gasteiger partial charge in [-0.2, -0.15) is 5.10 Å². The Kier molecular flexibility index (Phi) is 6.69. The maximum Gasteiger partial charge on any atom is 0.170 e. The fourth-order valence-corrected chi connectivity index (χ4v) is 2.48. The van der Waals surface area contributed by atoms with Crippen LogP contribution >= 0.6 is 23.8 Å². The number of thiocarbonyl (C=S) groups is 1. The van der Waals surface area contributed by atoms with Gasteiger partial charge in [0.25, 0.3) is 0 Å². The van der Waals surface area contributed by atoms with Gasteiger partial charge in [-0.3, -0.25) is 4.68 Å². The van der Waals surface area contributed by atoms with Gasteiger partial charge >= 0.3 is 0 Å². The van der Waals surface area contributed by atoms with Gasteiger partial charge in [-0.15, -0.1) is 0 Å². The molecule has 0 atom stereocenters. The third-order valence-corrected chi connectivity index (χ3v) is 4.01. The quantitative estimate of drug-likeness (QED) is 0.578. The molecule has 0 aliphatic carbocycles. The molecule has 0 aliphatic heterocycles. The molecule has 8 heteroatoms. The summed E-state index contributed by atoms with van der Waals surface area (Å²) in [7, 11) is 3.22. The number of hydrogen-bond acceptors (Lipinski definition) is 4. The predicted octanol–water partition coefficient (Wildman–Crippen LogP) is 3.24. The van der Waals surface area contributed by atoms with Crippen LogP contribution in [-0.2, 0) is 6.54 Å². The number of halogens is 1. The zero-order valence-corrected chi connectivity index (χ0v) is 15.5. The van der Waals surface area contributed by atoms with Gasteiger partial charge in [-0.25, -0.2) is 0 Å². The van der Waals surface area contributed by atoms with E-state index in [1.165, 1.54) is 0 Å². The van der Waals surface area contributed by atoms with E-state index in [1.54, 1.807) is 20.3 Å². The Labute approximate surface area is 152 Å². The van der Waals surface area contributed by atoms with Crippen molar-refractivity contribution < 1.29 is 9.47 Å². The third kappa shape index (κ3) is 5.01. The highest BCUT2D eigenvalue weighted by atomic mass is 35.5. The Hall–Kier alpha value is -1.99. The first-order valence-corrected chi connectivity index (χ1v) is 8.28. The van der Waals surface area contributed by atoms with Crippen molar-refractivity contribution in [3.8, 4) is 11.5 Å². The topological polar surface area (TPSA) is 60.3 Å². The Bertz CT molecular complexity index is 686. The molecule has 0 radical (unpaired) electrons. The van der Waals surface area contributed by atoms with Gasteiger partial charge in [0.1, 0.15) is 11.5 Å². The van der Waals surface area contributed by atoms with E-state index in [2.05, 4.69) is 15.7 Å². The molecule has 6 nitrogen and oxygen atoms in total. The van der Waals surface area contributed by atoms with E-state index in [9.17, 15) is 0 Å². The van der Waals surface area contributed by atoms with Gasteiger partial charge in [0.15, 0.2) is 5.11 Å². The van der Waals surface area contributed by atoms with E-state index in [-0.39, 0.29) is 0 Å². The average Bonchev–Trinajstić information content (AvgIpc) is 2.90. The molecular weight excluding hydrogens is 348 g/mol. The molecule has 0 fully saturated rings. The molecule has 2 aromatic rings. The highest BCUT2D eigenvalue weighted by molar-refractivity contribution is 7.80. The standard InChI is InChI=1S/C16H21ClN4O2S/c1-11-13(17)10-21(20-11)8-4-7-18-16(24)19-14-6-5-12(22-2)9-15(14)23-3/h5-6,9-10H,4,7-8H2,1-3H3,(H2,18,19,24). The summed E-state index contributed by atoms with van der Waals surface area (Å²) in [5.74, 6) is 1.39. The Morgan fingerprint density at radius 2 is 2.12 bits per heavy atom. The number of aryl methyl sites for hydroxylation is 2. The number of benzene rings is 1. The second kappa shape index (κ2) is 8.75. The zero-order valence-electron chi connectivity index (χ0n) is 13.9. The van der Waals surface area contributed by atoms with Crippen molar-refractivity contribution in [2.45, 2.75) is 19.9 Å². The molecule has 24 heavy (non-hydrogen) atoms. The number of anilines is 1. The highest BCUT2D eigenvalue weighted by Gasteiger charge is 2.07. The van der Waals surface area contributed by atoms with Crippen LogP contribution in [0.5, 0.6) is 11.5 Å². The monoisotopic (exact) mass is 368 g/mol. The number of rotatable bonds is 7. The largest absolute Gasteiger partial charge is 0.497 e. The molecule has 0 saturated heterocycles. The van der Waals surface area contributed by atoms with E-state index in [0.29, 0.717) is 15.9 Å². The lowest BCUT2D eigenvalue weighted by molar-refractivity contribution is 0.395. The summed E-state index contributed by atoms with van der Waals surface area (Å²) in [5.41, 5.74) is 1.62.